The van der Waals surface area contributed by atoms with Gasteiger partial charge in [0.2, 0.25) is 0 Å². The average Bonchev–Trinajstić information content (AvgIpc) is 2.42. The maximum atomic E-state index is 5.50. The van der Waals surface area contributed by atoms with Crippen molar-refractivity contribution in [1.29, 1.82) is 0 Å². The summed E-state index contributed by atoms with van der Waals surface area (Å²) in [6, 6.07) is 8.48. The minimum atomic E-state index is 0.538. The fourth-order valence-corrected chi connectivity index (χ4v) is 2.79. The summed E-state index contributed by atoms with van der Waals surface area (Å²) in [7, 11) is 0. The van der Waals surface area contributed by atoms with Gasteiger partial charge in [-0.25, -0.2) is 0 Å². The Morgan fingerprint density at radius 3 is 2.74 bits per heavy atom. The van der Waals surface area contributed by atoms with Crippen molar-refractivity contribution in [3.63, 3.8) is 0 Å². The summed E-state index contributed by atoms with van der Waals surface area (Å²) >= 11 is 5.50. The van der Waals surface area contributed by atoms with Gasteiger partial charge >= 0.3 is 0 Å². The number of ether oxygens (including phenoxy) is 1. The molecule has 0 bridgehead atoms. The molecular weight excluding hydrogens is 256 g/mol. The predicted octanol–water partition coefficient (Wildman–Crippen LogP) is 3.66. The first-order chi connectivity index (χ1) is 9.20. The molecule has 1 aliphatic rings. The average molecular weight is 278 g/mol. The summed E-state index contributed by atoms with van der Waals surface area (Å²) in [6.45, 7) is 5.98. The van der Waals surface area contributed by atoms with Gasteiger partial charge in [0.25, 0.3) is 0 Å². The zero-order valence-corrected chi connectivity index (χ0v) is 12.5. The van der Waals surface area contributed by atoms with Crippen molar-refractivity contribution in [2.45, 2.75) is 39.2 Å². The fraction of sp³-hybridized carbons (Fsp3) is 0.533. The third-order valence-electron chi connectivity index (χ3n) is 3.48. The minimum absolute atomic E-state index is 0.538. The van der Waals surface area contributed by atoms with Crippen LogP contribution in [-0.2, 0) is 0 Å². The molecule has 1 aliphatic heterocycles. The minimum Gasteiger partial charge on any atom is -0.494 e. The molecule has 4 heteroatoms. The van der Waals surface area contributed by atoms with E-state index in [1.54, 1.807) is 0 Å². The largest absolute Gasteiger partial charge is 0.494 e. The highest BCUT2D eigenvalue weighted by atomic mass is 32.1. The number of likely N-dealkylation sites (tertiary alicyclic amines) is 1. The summed E-state index contributed by atoms with van der Waals surface area (Å²) in [5.41, 5.74) is 1.02. The van der Waals surface area contributed by atoms with Crippen LogP contribution in [0.4, 0.5) is 5.69 Å². The Kier molecular flexibility index (Phi) is 5.02. The molecule has 0 spiro atoms. The van der Waals surface area contributed by atoms with E-state index in [9.17, 15) is 0 Å². The van der Waals surface area contributed by atoms with Crippen LogP contribution in [0.25, 0.3) is 0 Å². The first-order valence-electron chi connectivity index (χ1n) is 7.01. The van der Waals surface area contributed by atoms with Crippen molar-refractivity contribution in [2.24, 2.45) is 0 Å². The van der Waals surface area contributed by atoms with E-state index in [2.05, 4.69) is 17.1 Å². The second-order valence-electron chi connectivity index (χ2n) is 4.93. The first kappa shape index (κ1) is 14.1. The van der Waals surface area contributed by atoms with E-state index in [0.29, 0.717) is 12.6 Å². The molecule has 0 radical (unpaired) electrons. The number of benzene rings is 1. The zero-order chi connectivity index (χ0) is 13.7. The smallest absolute Gasteiger partial charge is 0.173 e. The number of hydrogen-bond donors (Lipinski definition) is 1. The van der Waals surface area contributed by atoms with Gasteiger partial charge in [0.1, 0.15) is 5.75 Å². The van der Waals surface area contributed by atoms with E-state index in [1.165, 1.54) is 19.3 Å². The van der Waals surface area contributed by atoms with Gasteiger partial charge in [-0.05, 0) is 69.6 Å². The van der Waals surface area contributed by atoms with Crippen molar-refractivity contribution < 1.29 is 4.74 Å². The summed E-state index contributed by atoms with van der Waals surface area (Å²) in [6.07, 6.45) is 3.77. The summed E-state index contributed by atoms with van der Waals surface area (Å²) in [5.74, 6) is 0.894. The van der Waals surface area contributed by atoms with E-state index < -0.39 is 0 Å². The first-order valence-corrected chi connectivity index (χ1v) is 7.42. The number of thiocarbonyl (C=S) groups is 1. The lowest BCUT2D eigenvalue weighted by atomic mass is 10.0. The number of nitrogens with zero attached hydrogens (tertiary/aromatic N) is 1. The Hall–Kier alpha value is -1.29. The molecule has 2 rings (SSSR count). The van der Waals surface area contributed by atoms with Crippen LogP contribution in [0, 0.1) is 0 Å². The lowest BCUT2D eigenvalue weighted by Gasteiger charge is -2.35. The molecule has 1 fully saturated rings. The molecule has 3 nitrogen and oxygen atoms in total. The topological polar surface area (TPSA) is 24.5 Å². The third kappa shape index (κ3) is 3.83. The highest BCUT2D eigenvalue weighted by Gasteiger charge is 2.20. The van der Waals surface area contributed by atoms with Gasteiger partial charge in [0, 0.05) is 18.3 Å². The van der Waals surface area contributed by atoms with E-state index in [0.717, 1.165) is 23.1 Å². The molecule has 1 aromatic rings. The summed E-state index contributed by atoms with van der Waals surface area (Å²) in [4.78, 5) is 2.29. The number of anilines is 1. The van der Waals surface area contributed by atoms with Gasteiger partial charge in [0.15, 0.2) is 5.11 Å². The van der Waals surface area contributed by atoms with Crippen molar-refractivity contribution in [3.05, 3.63) is 24.3 Å². The Bertz CT molecular complexity index is 419. The Labute approximate surface area is 120 Å². The van der Waals surface area contributed by atoms with E-state index >= 15 is 0 Å². The number of nitrogens with one attached hydrogen (secondary N) is 1. The highest BCUT2D eigenvalue weighted by molar-refractivity contribution is 7.80. The van der Waals surface area contributed by atoms with E-state index in [4.69, 9.17) is 17.0 Å². The monoisotopic (exact) mass is 278 g/mol. The second-order valence-corrected chi connectivity index (χ2v) is 5.31. The lowest BCUT2D eigenvalue weighted by molar-refractivity contribution is 0.262. The Morgan fingerprint density at radius 1 is 1.37 bits per heavy atom. The molecule has 0 aliphatic carbocycles. The van der Waals surface area contributed by atoms with Gasteiger partial charge in [-0.1, -0.05) is 0 Å². The van der Waals surface area contributed by atoms with Crippen LogP contribution in [0.2, 0.25) is 0 Å². The third-order valence-corrected chi connectivity index (χ3v) is 3.82. The molecular formula is C15H22N2OS. The molecule has 1 atom stereocenters. The van der Waals surface area contributed by atoms with Crippen molar-refractivity contribution in [2.75, 3.05) is 18.5 Å². The van der Waals surface area contributed by atoms with Crippen molar-refractivity contribution >= 4 is 23.0 Å². The molecule has 104 valence electrons. The Balaban J connectivity index is 1.94. The molecule has 0 amide bonds. The van der Waals surface area contributed by atoms with Gasteiger partial charge in [-0.2, -0.15) is 0 Å². The maximum absolute atomic E-state index is 5.50. The summed E-state index contributed by atoms with van der Waals surface area (Å²) < 4.78 is 5.43. The van der Waals surface area contributed by atoms with Crippen LogP contribution in [0.15, 0.2) is 24.3 Å². The molecule has 19 heavy (non-hydrogen) atoms. The Morgan fingerprint density at radius 2 is 2.11 bits per heavy atom. The van der Waals surface area contributed by atoms with Crippen molar-refractivity contribution in [3.8, 4) is 5.75 Å². The van der Waals surface area contributed by atoms with E-state index in [-0.39, 0.29) is 0 Å². The zero-order valence-electron chi connectivity index (χ0n) is 11.7. The lowest BCUT2D eigenvalue weighted by Crippen LogP contribution is -2.44. The standard InChI is InChI=1S/C15H22N2OS/c1-3-18-14-9-7-13(8-10-14)16-15(19)17-11-5-4-6-12(17)2/h7-10,12H,3-6,11H2,1-2H3,(H,16,19). The SMILES string of the molecule is CCOc1ccc(NC(=S)N2CCCCC2C)cc1. The number of hydrogen-bond acceptors (Lipinski definition) is 2. The molecule has 0 saturated carbocycles. The molecule has 1 saturated heterocycles. The summed E-state index contributed by atoms with van der Waals surface area (Å²) in [5, 5.41) is 4.14. The van der Waals surface area contributed by atoms with Crippen LogP contribution >= 0.6 is 12.2 Å². The second kappa shape index (κ2) is 6.75. The van der Waals surface area contributed by atoms with Gasteiger partial charge in [0.05, 0.1) is 6.61 Å². The number of piperidine rings is 1. The molecule has 1 aromatic carbocycles. The van der Waals surface area contributed by atoms with Crippen molar-refractivity contribution in [1.82, 2.24) is 4.90 Å². The van der Waals surface area contributed by atoms with E-state index in [1.807, 2.05) is 31.2 Å². The maximum Gasteiger partial charge on any atom is 0.173 e. The van der Waals surface area contributed by atoms with Gasteiger partial charge in [-0.15, -0.1) is 0 Å². The normalized spacial score (nSPS) is 19.1. The number of rotatable bonds is 3. The van der Waals surface area contributed by atoms with Gasteiger partial charge < -0.3 is 15.0 Å². The fourth-order valence-electron chi connectivity index (χ4n) is 2.40. The van der Waals surface area contributed by atoms with Crippen LogP contribution in [-0.4, -0.2) is 29.2 Å². The molecule has 0 aromatic heterocycles. The van der Waals surface area contributed by atoms with Crippen LogP contribution in [0.5, 0.6) is 5.75 Å². The molecule has 1 heterocycles. The van der Waals surface area contributed by atoms with Crippen LogP contribution in [0.1, 0.15) is 33.1 Å². The quantitative estimate of drug-likeness (QED) is 0.853. The predicted molar refractivity (Wildman–Crippen MR) is 83.9 cm³/mol. The molecule has 1 N–H and O–H groups in total. The highest BCUT2D eigenvalue weighted by Crippen LogP contribution is 2.20. The molecule has 1 unspecified atom stereocenters. The van der Waals surface area contributed by atoms with Crippen LogP contribution < -0.4 is 10.1 Å². The van der Waals surface area contributed by atoms with Gasteiger partial charge in [-0.3, -0.25) is 0 Å². The van der Waals surface area contributed by atoms with Crippen LogP contribution in [0.3, 0.4) is 0 Å².